The molecule has 0 aromatic heterocycles. The Labute approximate surface area is 136 Å². The standard InChI is InChI=1S/C16H14FN3O4/c1-10-2-5-12(9-14(10)20(23)24)16(22)19-18-15(21)8-11-3-6-13(17)7-4-11/h2-7,9H,8H2,1H3,(H,18,21)(H,19,22). The minimum Gasteiger partial charge on any atom is -0.273 e. The molecule has 0 heterocycles. The van der Waals surface area contributed by atoms with Gasteiger partial charge < -0.3 is 0 Å². The van der Waals surface area contributed by atoms with E-state index >= 15 is 0 Å². The molecule has 24 heavy (non-hydrogen) atoms. The van der Waals surface area contributed by atoms with Gasteiger partial charge in [0.05, 0.1) is 11.3 Å². The first-order valence-corrected chi connectivity index (χ1v) is 6.95. The summed E-state index contributed by atoms with van der Waals surface area (Å²) in [6.07, 6.45) is -0.0470. The lowest BCUT2D eigenvalue weighted by Crippen LogP contribution is -2.42. The number of nitrogens with one attached hydrogen (secondary N) is 2. The summed E-state index contributed by atoms with van der Waals surface area (Å²) in [4.78, 5) is 34.0. The Morgan fingerprint density at radius 2 is 1.79 bits per heavy atom. The minimum atomic E-state index is -0.675. The maximum Gasteiger partial charge on any atom is 0.273 e. The quantitative estimate of drug-likeness (QED) is 0.661. The monoisotopic (exact) mass is 331 g/mol. The molecule has 0 aliphatic carbocycles. The number of nitro benzene ring substituents is 1. The number of halogens is 1. The van der Waals surface area contributed by atoms with Gasteiger partial charge >= 0.3 is 0 Å². The van der Waals surface area contributed by atoms with Crippen LogP contribution in [0.15, 0.2) is 42.5 Å². The predicted molar refractivity (Wildman–Crippen MR) is 83.5 cm³/mol. The molecule has 2 amide bonds. The third-order valence-corrected chi connectivity index (χ3v) is 3.26. The van der Waals surface area contributed by atoms with Crippen molar-refractivity contribution in [2.75, 3.05) is 0 Å². The molecular weight excluding hydrogens is 317 g/mol. The molecule has 0 spiro atoms. The number of amides is 2. The third kappa shape index (κ3) is 4.35. The number of hydrazine groups is 1. The third-order valence-electron chi connectivity index (χ3n) is 3.26. The molecular formula is C16H14FN3O4. The second-order valence-corrected chi connectivity index (χ2v) is 5.06. The van der Waals surface area contributed by atoms with E-state index in [0.717, 1.165) is 6.07 Å². The number of rotatable bonds is 4. The van der Waals surface area contributed by atoms with Gasteiger partial charge in [0.25, 0.3) is 11.6 Å². The van der Waals surface area contributed by atoms with Crippen LogP contribution >= 0.6 is 0 Å². The average molecular weight is 331 g/mol. The van der Waals surface area contributed by atoms with Gasteiger partial charge in [-0.2, -0.15) is 0 Å². The lowest BCUT2D eigenvalue weighted by molar-refractivity contribution is -0.385. The summed E-state index contributed by atoms with van der Waals surface area (Å²) in [5.41, 5.74) is 5.26. The number of aryl methyl sites for hydroxylation is 1. The molecule has 2 aromatic carbocycles. The zero-order chi connectivity index (χ0) is 17.7. The van der Waals surface area contributed by atoms with Crippen molar-refractivity contribution in [3.8, 4) is 0 Å². The van der Waals surface area contributed by atoms with Gasteiger partial charge in [-0.15, -0.1) is 0 Å². The summed E-state index contributed by atoms with van der Waals surface area (Å²) in [5, 5.41) is 10.9. The Morgan fingerprint density at radius 3 is 2.42 bits per heavy atom. The predicted octanol–water partition coefficient (Wildman–Crippen LogP) is 2.05. The number of carbonyl (C=O) groups is 2. The Hall–Kier alpha value is -3.29. The van der Waals surface area contributed by atoms with Crippen LogP contribution < -0.4 is 10.9 Å². The van der Waals surface area contributed by atoms with Gasteiger partial charge in [-0.25, -0.2) is 4.39 Å². The number of nitro groups is 1. The SMILES string of the molecule is Cc1ccc(C(=O)NNC(=O)Cc2ccc(F)cc2)cc1[N+](=O)[O-]. The van der Waals surface area contributed by atoms with Gasteiger partial charge in [0.2, 0.25) is 5.91 Å². The van der Waals surface area contributed by atoms with E-state index < -0.39 is 22.6 Å². The van der Waals surface area contributed by atoms with Gasteiger partial charge in [0.1, 0.15) is 5.82 Å². The van der Waals surface area contributed by atoms with Crippen molar-refractivity contribution >= 4 is 17.5 Å². The highest BCUT2D eigenvalue weighted by atomic mass is 19.1. The number of hydrogen-bond acceptors (Lipinski definition) is 4. The van der Waals surface area contributed by atoms with Crippen molar-refractivity contribution in [3.63, 3.8) is 0 Å². The first-order chi connectivity index (χ1) is 11.4. The van der Waals surface area contributed by atoms with Crippen molar-refractivity contribution in [2.24, 2.45) is 0 Å². The largest absolute Gasteiger partial charge is 0.273 e. The Kier molecular flexibility index (Phi) is 5.20. The van der Waals surface area contributed by atoms with Crippen LogP contribution in [-0.2, 0) is 11.2 Å². The van der Waals surface area contributed by atoms with Gasteiger partial charge in [-0.3, -0.25) is 30.6 Å². The topological polar surface area (TPSA) is 101 Å². The molecule has 0 aliphatic rings. The molecule has 8 heteroatoms. The zero-order valence-electron chi connectivity index (χ0n) is 12.7. The molecule has 0 bridgehead atoms. The molecule has 0 saturated heterocycles. The summed E-state index contributed by atoms with van der Waals surface area (Å²) in [6.45, 7) is 1.56. The highest BCUT2D eigenvalue weighted by Gasteiger charge is 2.15. The van der Waals surface area contributed by atoms with E-state index in [1.165, 1.54) is 36.4 Å². The smallest absolute Gasteiger partial charge is 0.273 e. The first-order valence-electron chi connectivity index (χ1n) is 6.95. The van der Waals surface area contributed by atoms with Crippen LogP contribution in [0, 0.1) is 22.9 Å². The normalized spacial score (nSPS) is 10.1. The van der Waals surface area contributed by atoms with Gasteiger partial charge in [-0.05, 0) is 30.7 Å². The van der Waals surface area contributed by atoms with Crippen LogP contribution in [0.25, 0.3) is 0 Å². The van der Waals surface area contributed by atoms with Crippen molar-refractivity contribution in [3.05, 3.63) is 75.1 Å². The molecule has 0 saturated carbocycles. The Morgan fingerprint density at radius 1 is 1.12 bits per heavy atom. The van der Waals surface area contributed by atoms with E-state index in [1.54, 1.807) is 6.92 Å². The number of hydrogen-bond donors (Lipinski definition) is 2. The van der Waals surface area contributed by atoms with Crippen LogP contribution in [-0.4, -0.2) is 16.7 Å². The number of benzene rings is 2. The molecule has 124 valence electrons. The summed E-state index contributed by atoms with van der Waals surface area (Å²) in [5.74, 6) is -1.59. The lowest BCUT2D eigenvalue weighted by Gasteiger charge is -2.08. The molecule has 2 N–H and O–H groups in total. The van der Waals surface area contributed by atoms with E-state index in [1.807, 2.05) is 0 Å². The molecule has 0 fully saturated rings. The van der Waals surface area contributed by atoms with E-state index in [9.17, 15) is 24.1 Å². The summed E-state index contributed by atoms with van der Waals surface area (Å²) >= 11 is 0. The fraction of sp³-hybridized carbons (Fsp3) is 0.125. The van der Waals surface area contributed by atoms with Crippen LogP contribution in [0.5, 0.6) is 0 Å². The number of nitrogens with zero attached hydrogens (tertiary/aromatic N) is 1. The highest BCUT2D eigenvalue weighted by Crippen LogP contribution is 2.19. The van der Waals surface area contributed by atoms with Crippen molar-refractivity contribution in [1.29, 1.82) is 0 Å². The summed E-state index contributed by atoms with van der Waals surface area (Å²) in [7, 11) is 0. The molecule has 0 radical (unpaired) electrons. The van der Waals surface area contributed by atoms with E-state index in [0.29, 0.717) is 11.1 Å². The lowest BCUT2D eigenvalue weighted by atomic mass is 10.1. The second kappa shape index (κ2) is 7.32. The molecule has 2 aromatic rings. The van der Waals surface area contributed by atoms with Gasteiger partial charge in [0.15, 0.2) is 0 Å². The summed E-state index contributed by atoms with van der Waals surface area (Å²) < 4.78 is 12.8. The first kappa shape index (κ1) is 17.1. The van der Waals surface area contributed by atoms with Crippen LogP contribution in [0.4, 0.5) is 10.1 Å². The fourth-order valence-electron chi connectivity index (χ4n) is 1.98. The molecule has 2 rings (SSSR count). The Bertz CT molecular complexity index is 790. The summed E-state index contributed by atoms with van der Waals surface area (Å²) in [6, 6.07) is 9.38. The van der Waals surface area contributed by atoms with E-state index in [2.05, 4.69) is 10.9 Å². The maximum absolute atomic E-state index is 12.8. The van der Waals surface area contributed by atoms with Gasteiger partial charge in [0, 0.05) is 17.2 Å². The van der Waals surface area contributed by atoms with E-state index in [4.69, 9.17) is 0 Å². The maximum atomic E-state index is 12.8. The zero-order valence-corrected chi connectivity index (χ0v) is 12.7. The number of carbonyl (C=O) groups excluding carboxylic acids is 2. The molecule has 0 atom stereocenters. The van der Waals surface area contributed by atoms with Crippen LogP contribution in [0.1, 0.15) is 21.5 Å². The molecule has 7 nitrogen and oxygen atoms in total. The highest BCUT2D eigenvalue weighted by molar-refractivity contribution is 5.96. The Balaban J connectivity index is 1.95. The average Bonchev–Trinajstić information content (AvgIpc) is 2.55. The van der Waals surface area contributed by atoms with Crippen molar-refractivity contribution < 1.29 is 18.9 Å². The van der Waals surface area contributed by atoms with Crippen LogP contribution in [0.2, 0.25) is 0 Å². The van der Waals surface area contributed by atoms with Crippen molar-refractivity contribution in [1.82, 2.24) is 10.9 Å². The molecule has 0 aliphatic heterocycles. The van der Waals surface area contributed by atoms with Gasteiger partial charge in [-0.1, -0.05) is 18.2 Å². The minimum absolute atomic E-state index is 0.0470. The van der Waals surface area contributed by atoms with Crippen LogP contribution in [0.3, 0.4) is 0 Å². The fourth-order valence-corrected chi connectivity index (χ4v) is 1.98. The van der Waals surface area contributed by atoms with E-state index in [-0.39, 0.29) is 17.7 Å². The van der Waals surface area contributed by atoms with Crippen molar-refractivity contribution in [2.45, 2.75) is 13.3 Å². The molecule has 0 unspecified atom stereocenters. The second-order valence-electron chi connectivity index (χ2n) is 5.06.